The predicted octanol–water partition coefficient (Wildman–Crippen LogP) is 2.19. The lowest BCUT2D eigenvalue weighted by molar-refractivity contribution is 0.130. The van der Waals surface area contributed by atoms with Crippen LogP contribution in [0, 0.1) is 17.3 Å². The first-order chi connectivity index (χ1) is 8.83. The Labute approximate surface area is 117 Å². The Bertz CT molecular complexity index is 320. The first-order valence-electron chi connectivity index (χ1n) is 7.61. The van der Waals surface area contributed by atoms with E-state index in [9.17, 15) is 4.79 Å². The van der Waals surface area contributed by atoms with Crippen LogP contribution in [-0.2, 0) is 0 Å². The number of carbonyl (C=O) groups excluding carboxylic acids is 1. The van der Waals surface area contributed by atoms with E-state index in [-0.39, 0.29) is 6.03 Å². The number of hydrogen-bond donors (Lipinski definition) is 2. The molecule has 0 aromatic carbocycles. The molecule has 2 fully saturated rings. The normalized spacial score (nSPS) is 28.5. The van der Waals surface area contributed by atoms with Gasteiger partial charge in [-0.1, -0.05) is 20.8 Å². The highest BCUT2D eigenvalue weighted by atomic mass is 16.2. The summed E-state index contributed by atoms with van der Waals surface area (Å²) in [5.74, 6) is 1.45. The van der Waals surface area contributed by atoms with Crippen molar-refractivity contribution in [1.29, 1.82) is 0 Å². The van der Waals surface area contributed by atoms with Gasteiger partial charge in [-0.25, -0.2) is 4.79 Å². The van der Waals surface area contributed by atoms with E-state index in [4.69, 9.17) is 5.73 Å². The van der Waals surface area contributed by atoms with Gasteiger partial charge in [0.05, 0.1) is 0 Å². The van der Waals surface area contributed by atoms with Crippen molar-refractivity contribution in [3.63, 3.8) is 0 Å². The summed E-state index contributed by atoms with van der Waals surface area (Å²) in [6.07, 6.45) is 5.06. The van der Waals surface area contributed by atoms with Gasteiger partial charge >= 0.3 is 6.03 Å². The second-order valence-corrected chi connectivity index (χ2v) is 7.66. The molecule has 0 bridgehead atoms. The van der Waals surface area contributed by atoms with Crippen LogP contribution in [0.5, 0.6) is 0 Å². The summed E-state index contributed by atoms with van der Waals surface area (Å²) in [5, 5.41) is 3.63. The molecule has 19 heavy (non-hydrogen) atoms. The molecule has 0 spiro atoms. The lowest BCUT2D eigenvalue weighted by Crippen LogP contribution is -2.53. The molecule has 2 rings (SSSR count). The Morgan fingerprint density at radius 3 is 2.47 bits per heavy atom. The van der Waals surface area contributed by atoms with Crippen LogP contribution in [0.1, 0.15) is 46.5 Å². The standard InChI is InChI=1S/C15H29N3O/c1-15(2,3)7-12-6-13(17-8-11-4-5-11)10-18(9-12)14(16)19/h11-13,17H,4-10H2,1-3H3,(H2,16,19). The van der Waals surface area contributed by atoms with E-state index in [1.807, 2.05) is 4.90 Å². The minimum atomic E-state index is -0.267. The Morgan fingerprint density at radius 2 is 1.95 bits per heavy atom. The number of urea groups is 1. The number of nitrogens with zero attached hydrogens (tertiary/aromatic N) is 1. The molecule has 2 aliphatic rings. The summed E-state index contributed by atoms with van der Waals surface area (Å²) in [7, 11) is 0. The summed E-state index contributed by atoms with van der Waals surface area (Å²) >= 11 is 0. The zero-order valence-corrected chi connectivity index (χ0v) is 12.6. The van der Waals surface area contributed by atoms with Crippen molar-refractivity contribution in [2.75, 3.05) is 19.6 Å². The highest BCUT2D eigenvalue weighted by Gasteiger charge is 2.32. The minimum Gasteiger partial charge on any atom is -0.351 e. The topological polar surface area (TPSA) is 58.4 Å². The van der Waals surface area contributed by atoms with Crippen molar-refractivity contribution in [1.82, 2.24) is 10.2 Å². The van der Waals surface area contributed by atoms with Gasteiger partial charge < -0.3 is 16.0 Å². The fraction of sp³-hybridized carbons (Fsp3) is 0.933. The smallest absolute Gasteiger partial charge is 0.314 e. The first kappa shape index (κ1) is 14.6. The third-order valence-electron chi connectivity index (χ3n) is 4.14. The lowest BCUT2D eigenvalue weighted by Gasteiger charge is -2.39. The first-order valence-corrected chi connectivity index (χ1v) is 7.61. The monoisotopic (exact) mass is 267 g/mol. The van der Waals surface area contributed by atoms with Crippen molar-refractivity contribution in [3.8, 4) is 0 Å². The number of nitrogens with one attached hydrogen (secondary N) is 1. The van der Waals surface area contributed by atoms with Gasteiger partial charge in [0.25, 0.3) is 0 Å². The number of hydrogen-bond acceptors (Lipinski definition) is 2. The van der Waals surface area contributed by atoms with E-state index < -0.39 is 0 Å². The molecule has 2 unspecified atom stereocenters. The largest absolute Gasteiger partial charge is 0.351 e. The minimum absolute atomic E-state index is 0.267. The Balaban J connectivity index is 1.89. The summed E-state index contributed by atoms with van der Waals surface area (Å²) in [6.45, 7) is 9.52. The van der Waals surface area contributed by atoms with Crippen LogP contribution in [0.2, 0.25) is 0 Å². The molecule has 3 N–H and O–H groups in total. The molecule has 0 aromatic heterocycles. The van der Waals surface area contributed by atoms with Gasteiger partial charge in [0.15, 0.2) is 0 Å². The highest BCUT2D eigenvalue weighted by molar-refractivity contribution is 5.72. The SMILES string of the molecule is CC(C)(C)CC1CC(NCC2CC2)CN(C(N)=O)C1. The van der Waals surface area contributed by atoms with Crippen LogP contribution < -0.4 is 11.1 Å². The number of rotatable bonds is 4. The molecule has 1 heterocycles. The lowest BCUT2D eigenvalue weighted by atomic mass is 9.80. The molecule has 1 saturated heterocycles. The van der Waals surface area contributed by atoms with Gasteiger partial charge in [-0.3, -0.25) is 0 Å². The van der Waals surface area contributed by atoms with Crippen LogP contribution >= 0.6 is 0 Å². The van der Waals surface area contributed by atoms with Crippen LogP contribution in [0.4, 0.5) is 4.79 Å². The number of primary amides is 1. The second kappa shape index (κ2) is 5.70. The van der Waals surface area contributed by atoms with Crippen LogP contribution in [0.3, 0.4) is 0 Å². The van der Waals surface area contributed by atoms with Crippen LogP contribution in [0.15, 0.2) is 0 Å². The maximum absolute atomic E-state index is 11.5. The molecule has 4 nitrogen and oxygen atoms in total. The van der Waals surface area contributed by atoms with Gasteiger partial charge in [-0.15, -0.1) is 0 Å². The fourth-order valence-corrected chi connectivity index (χ4v) is 3.20. The average molecular weight is 267 g/mol. The van der Waals surface area contributed by atoms with E-state index in [0.29, 0.717) is 17.4 Å². The second-order valence-electron chi connectivity index (χ2n) is 7.66. The van der Waals surface area contributed by atoms with Crippen molar-refractivity contribution in [2.45, 2.75) is 52.5 Å². The molecule has 4 heteroatoms. The third-order valence-corrected chi connectivity index (χ3v) is 4.14. The fourth-order valence-electron chi connectivity index (χ4n) is 3.20. The van der Waals surface area contributed by atoms with Crippen molar-refractivity contribution in [3.05, 3.63) is 0 Å². The number of amides is 2. The number of nitrogens with two attached hydrogens (primary N) is 1. The van der Waals surface area contributed by atoms with Crippen molar-refractivity contribution < 1.29 is 4.79 Å². The average Bonchev–Trinajstić information content (AvgIpc) is 3.07. The van der Waals surface area contributed by atoms with Crippen molar-refractivity contribution >= 4 is 6.03 Å². The molecule has 0 aromatic rings. The number of likely N-dealkylation sites (tertiary alicyclic amines) is 1. The predicted molar refractivity (Wildman–Crippen MR) is 77.9 cm³/mol. The highest BCUT2D eigenvalue weighted by Crippen LogP contribution is 2.31. The van der Waals surface area contributed by atoms with Gasteiger partial charge in [0, 0.05) is 19.1 Å². The summed E-state index contributed by atoms with van der Waals surface area (Å²) in [4.78, 5) is 13.3. The summed E-state index contributed by atoms with van der Waals surface area (Å²) < 4.78 is 0. The van der Waals surface area contributed by atoms with E-state index >= 15 is 0 Å². The Hall–Kier alpha value is -0.770. The third kappa shape index (κ3) is 5.01. The van der Waals surface area contributed by atoms with Crippen LogP contribution in [0.25, 0.3) is 0 Å². The van der Waals surface area contributed by atoms with E-state index in [2.05, 4.69) is 26.1 Å². The Kier molecular flexibility index (Phi) is 4.39. The Morgan fingerprint density at radius 1 is 1.26 bits per heavy atom. The van der Waals surface area contributed by atoms with Crippen molar-refractivity contribution in [2.24, 2.45) is 23.0 Å². The molecule has 1 saturated carbocycles. The van der Waals surface area contributed by atoms with Crippen LogP contribution in [-0.4, -0.2) is 36.6 Å². The zero-order chi connectivity index (χ0) is 14.0. The van der Waals surface area contributed by atoms with E-state index in [1.54, 1.807) is 0 Å². The molecule has 2 atom stereocenters. The van der Waals surface area contributed by atoms with E-state index in [1.165, 1.54) is 19.3 Å². The van der Waals surface area contributed by atoms with E-state index in [0.717, 1.165) is 32.0 Å². The molecule has 110 valence electrons. The summed E-state index contributed by atoms with van der Waals surface area (Å²) in [6, 6.07) is 0.158. The van der Waals surface area contributed by atoms with Gasteiger partial charge in [-0.2, -0.15) is 0 Å². The molecular formula is C15H29N3O. The van der Waals surface area contributed by atoms with Gasteiger partial charge in [0.1, 0.15) is 0 Å². The molecular weight excluding hydrogens is 238 g/mol. The summed E-state index contributed by atoms with van der Waals surface area (Å²) in [5.41, 5.74) is 5.79. The molecule has 1 aliphatic carbocycles. The number of piperidine rings is 1. The molecule has 1 aliphatic heterocycles. The molecule has 2 amide bonds. The number of carbonyl (C=O) groups is 1. The maximum atomic E-state index is 11.5. The maximum Gasteiger partial charge on any atom is 0.314 e. The quantitative estimate of drug-likeness (QED) is 0.820. The van der Waals surface area contributed by atoms with Gasteiger partial charge in [0.2, 0.25) is 0 Å². The zero-order valence-electron chi connectivity index (χ0n) is 12.6. The van der Waals surface area contributed by atoms with Gasteiger partial charge in [-0.05, 0) is 49.5 Å². The molecule has 0 radical (unpaired) electrons.